The van der Waals surface area contributed by atoms with Gasteiger partial charge in [0, 0.05) is 23.2 Å². The highest BCUT2D eigenvalue weighted by Crippen LogP contribution is 2.32. The van der Waals surface area contributed by atoms with Gasteiger partial charge in [-0.1, -0.05) is 28.1 Å². The first kappa shape index (κ1) is 20.5. The van der Waals surface area contributed by atoms with Crippen LogP contribution >= 0.6 is 39.9 Å². The predicted molar refractivity (Wildman–Crippen MR) is 117 cm³/mol. The topological polar surface area (TPSA) is 61.4 Å². The van der Waals surface area contributed by atoms with E-state index in [1.807, 2.05) is 24.3 Å². The molecule has 2 N–H and O–H groups in total. The Morgan fingerprint density at radius 1 is 1.21 bits per heavy atom. The van der Waals surface area contributed by atoms with Crippen LogP contribution in [0.3, 0.4) is 0 Å². The molecule has 1 saturated heterocycles. The fourth-order valence-corrected chi connectivity index (χ4v) is 3.93. The number of amides is 2. The number of thiocarbonyl (C=S) groups is 1. The van der Waals surface area contributed by atoms with Crippen LogP contribution in [0.15, 0.2) is 57.9 Å². The van der Waals surface area contributed by atoms with Crippen molar-refractivity contribution in [2.24, 2.45) is 0 Å². The number of nitrogens with zero attached hydrogens (tertiary/aromatic N) is 1. The van der Waals surface area contributed by atoms with Gasteiger partial charge in [0.25, 0.3) is 11.1 Å². The van der Waals surface area contributed by atoms with Crippen molar-refractivity contribution < 1.29 is 14.0 Å². The number of hydrogen-bond donors (Lipinski definition) is 2. The first-order chi connectivity index (χ1) is 13.4. The molecule has 3 rings (SSSR count). The molecular weight excluding hydrogens is 465 g/mol. The van der Waals surface area contributed by atoms with E-state index >= 15 is 0 Å². The largest absolute Gasteiger partial charge is 0.361 e. The summed E-state index contributed by atoms with van der Waals surface area (Å²) in [6.07, 6.45) is 1.70. The van der Waals surface area contributed by atoms with E-state index in [0.29, 0.717) is 22.2 Å². The highest BCUT2D eigenvalue weighted by molar-refractivity contribution is 9.10. The Kier molecular flexibility index (Phi) is 6.82. The molecule has 0 saturated carbocycles. The van der Waals surface area contributed by atoms with Crippen LogP contribution in [0.5, 0.6) is 0 Å². The minimum atomic E-state index is -0.334. The van der Waals surface area contributed by atoms with E-state index in [0.717, 1.165) is 21.8 Å². The lowest BCUT2D eigenvalue weighted by atomic mass is 10.2. The highest BCUT2D eigenvalue weighted by atomic mass is 79.9. The van der Waals surface area contributed by atoms with E-state index in [4.69, 9.17) is 12.2 Å². The summed E-state index contributed by atoms with van der Waals surface area (Å²) in [7, 11) is 0. The van der Waals surface area contributed by atoms with Crippen molar-refractivity contribution >= 4 is 67.9 Å². The highest BCUT2D eigenvalue weighted by Gasteiger charge is 2.34. The Morgan fingerprint density at radius 2 is 1.96 bits per heavy atom. The number of imide groups is 1. The van der Waals surface area contributed by atoms with Crippen LogP contribution in [0.25, 0.3) is 6.08 Å². The van der Waals surface area contributed by atoms with Crippen molar-refractivity contribution in [1.29, 1.82) is 0 Å². The number of carbonyl (C=O) groups excluding carboxylic acids is 2. The molecule has 0 radical (unpaired) electrons. The van der Waals surface area contributed by atoms with Crippen LogP contribution in [0.1, 0.15) is 5.56 Å². The Labute approximate surface area is 179 Å². The van der Waals surface area contributed by atoms with Gasteiger partial charge in [0.05, 0.1) is 4.91 Å². The summed E-state index contributed by atoms with van der Waals surface area (Å²) in [5.74, 6) is -0.658. The first-order valence-corrected chi connectivity index (χ1v) is 10.3. The zero-order valence-electron chi connectivity index (χ0n) is 14.4. The third-order valence-electron chi connectivity index (χ3n) is 3.74. The second-order valence-electron chi connectivity index (χ2n) is 5.78. The van der Waals surface area contributed by atoms with E-state index in [9.17, 15) is 14.0 Å². The lowest BCUT2D eigenvalue weighted by molar-refractivity contribution is -0.122. The zero-order valence-corrected chi connectivity index (χ0v) is 17.7. The van der Waals surface area contributed by atoms with Crippen molar-refractivity contribution in [3.8, 4) is 0 Å². The Bertz CT molecular complexity index is 950. The van der Waals surface area contributed by atoms with Crippen LogP contribution in [0.4, 0.5) is 14.9 Å². The predicted octanol–water partition coefficient (Wildman–Crippen LogP) is 4.61. The molecule has 0 unspecified atom stereocenters. The molecule has 1 fully saturated rings. The van der Waals surface area contributed by atoms with Gasteiger partial charge in [-0.2, -0.15) is 0 Å². The van der Waals surface area contributed by atoms with Crippen LogP contribution in [-0.4, -0.2) is 34.2 Å². The van der Waals surface area contributed by atoms with Crippen molar-refractivity contribution in [1.82, 2.24) is 10.2 Å². The molecule has 2 amide bonds. The van der Waals surface area contributed by atoms with Gasteiger partial charge in [-0.25, -0.2) is 4.39 Å². The summed E-state index contributed by atoms with van der Waals surface area (Å²) in [6.45, 7) is 0.487. The normalized spacial score (nSPS) is 15.2. The van der Waals surface area contributed by atoms with E-state index in [-0.39, 0.29) is 23.5 Å². The fourth-order valence-electron chi connectivity index (χ4n) is 2.43. The lowest BCUT2D eigenvalue weighted by Crippen LogP contribution is -2.38. The fraction of sp³-hybridized carbons (Fsp3) is 0.105. The maximum atomic E-state index is 12.9. The second-order valence-corrected chi connectivity index (χ2v) is 8.09. The van der Waals surface area contributed by atoms with E-state index in [1.165, 1.54) is 17.0 Å². The molecule has 2 aromatic carbocycles. The summed E-state index contributed by atoms with van der Waals surface area (Å²) in [5, 5.41) is 5.85. The van der Waals surface area contributed by atoms with Gasteiger partial charge in [0.2, 0.25) is 0 Å². The number of halogens is 2. The van der Waals surface area contributed by atoms with Gasteiger partial charge in [-0.15, -0.1) is 0 Å². The third-order valence-corrected chi connectivity index (χ3v) is 5.39. The molecule has 1 aliphatic heterocycles. The number of anilines is 1. The summed E-state index contributed by atoms with van der Waals surface area (Å²) < 4.78 is 13.8. The average Bonchev–Trinajstić information content (AvgIpc) is 2.91. The number of carbonyl (C=O) groups is 2. The quantitative estimate of drug-likeness (QED) is 0.482. The van der Waals surface area contributed by atoms with Crippen LogP contribution in [0, 0.1) is 5.82 Å². The number of nitrogens with one attached hydrogen (secondary N) is 2. The molecule has 28 heavy (non-hydrogen) atoms. The van der Waals surface area contributed by atoms with Gasteiger partial charge in [-0.3, -0.25) is 14.5 Å². The Morgan fingerprint density at radius 3 is 2.68 bits per heavy atom. The Balaban J connectivity index is 1.53. The standard InChI is InChI=1S/C19H15BrFN3O2S2/c20-13-3-1-2-12(10-13)11-16-17(25)24(19(26)28-16)9-8-22-18(27)23-15-6-4-14(21)5-7-15/h1-7,10-11H,8-9H2,(H2,22,23,27)/b16-11-. The van der Waals surface area contributed by atoms with Crippen molar-refractivity contribution in [2.75, 3.05) is 18.4 Å². The maximum Gasteiger partial charge on any atom is 0.293 e. The maximum absolute atomic E-state index is 12.9. The molecular formula is C19H15BrFN3O2S2. The SMILES string of the molecule is O=C1S/C(=C\c2cccc(Br)c2)C(=O)N1CCNC(=S)Nc1ccc(F)cc1. The first-order valence-electron chi connectivity index (χ1n) is 8.24. The molecule has 144 valence electrons. The molecule has 0 bridgehead atoms. The molecule has 1 aliphatic rings. The van der Waals surface area contributed by atoms with Gasteiger partial charge in [-0.05, 0) is 72.0 Å². The van der Waals surface area contributed by atoms with Crippen LogP contribution < -0.4 is 10.6 Å². The van der Waals surface area contributed by atoms with Gasteiger partial charge < -0.3 is 10.6 Å². The molecule has 0 aromatic heterocycles. The van der Waals surface area contributed by atoms with Crippen molar-refractivity contribution in [3.05, 3.63) is 69.3 Å². The molecule has 0 atom stereocenters. The van der Waals surface area contributed by atoms with E-state index < -0.39 is 0 Å². The van der Waals surface area contributed by atoms with Crippen LogP contribution in [0.2, 0.25) is 0 Å². The smallest absolute Gasteiger partial charge is 0.293 e. The summed E-state index contributed by atoms with van der Waals surface area (Å²) >= 11 is 9.46. The molecule has 9 heteroatoms. The summed E-state index contributed by atoms with van der Waals surface area (Å²) in [6, 6.07) is 13.2. The zero-order chi connectivity index (χ0) is 20.1. The van der Waals surface area contributed by atoms with Gasteiger partial charge in [0.15, 0.2) is 5.11 Å². The minimum absolute atomic E-state index is 0.186. The minimum Gasteiger partial charge on any atom is -0.361 e. The Hall–Kier alpha value is -2.23. The second kappa shape index (κ2) is 9.31. The lowest BCUT2D eigenvalue weighted by Gasteiger charge is -2.15. The van der Waals surface area contributed by atoms with Crippen LogP contribution in [-0.2, 0) is 4.79 Å². The number of rotatable bonds is 5. The number of thioether (sulfide) groups is 1. The molecule has 0 spiro atoms. The molecule has 1 heterocycles. The van der Waals surface area contributed by atoms with E-state index in [1.54, 1.807) is 18.2 Å². The molecule has 0 aliphatic carbocycles. The summed E-state index contributed by atoms with van der Waals surface area (Å²) in [5.41, 5.74) is 1.48. The van der Waals surface area contributed by atoms with Gasteiger partial charge >= 0.3 is 0 Å². The molecule has 5 nitrogen and oxygen atoms in total. The molecule has 2 aromatic rings. The number of hydrogen-bond acceptors (Lipinski definition) is 4. The van der Waals surface area contributed by atoms with Gasteiger partial charge in [0.1, 0.15) is 5.82 Å². The monoisotopic (exact) mass is 479 g/mol. The average molecular weight is 480 g/mol. The van der Waals surface area contributed by atoms with Crippen molar-refractivity contribution in [3.63, 3.8) is 0 Å². The summed E-state index contributed by atoms with van der Waals surface area (Å²) in [4.78, 5) is 26.2. The third kappa shape index (κ3) is 5.40. The van der Waals surface area contributed by atoms with E-state index in [2.05, 4.69) is 26.6 Å². The number of benzene rings is 2. The van der Waals surface area contributed by atoms with Crippen molar-refractivity contribution in [2.45, 2.75) is 0 Å².